The lowest BCUT2D eigenvalue weighted by Crippen LogP contribution is -2.60. The number of aldehydes is 1. The number of carbonyl (C=O) groups is 6. The van der Waals surface area contributed by atoms with Gasteiger partial charge in [0.05, 0.1) is 30.1 Å². The fourth-order valence-electron chi connectivity index (χ4n) is 10.9. The van der Waals surface area contributed by atoms with Crippen molar-refractivity contribution in [1.29, 1.82) is 0 Å². The van der Waals surface area contributed by atoms with Gasteiger partial charge in [0.15, 0.2) is 11.6 Å². The van der Waals surface area contributed by atoms with Gasteiger partial charge in [0.1, 0.15) is 30.0 Å². The Kier molecular flexibility index (Phi) is 19.9. The molecule has 4 fully saturated rings. The third-order valence-electron chi connectivity index (χ3n) is 15.2. The normalized spacial score (nSPS) is 18.4. The largest absolute Gasteiger partial charge is 0.465 e. The van der Waals surface area contributed by atoms with Crippen molar-refractivity contribution < 1.29 is 38.2 Å². The Hall–Kier alpha value is -5.94. The number of aromatic nitrogens is 2. The highest BCUT2D eigenvalue weighted by atomic mass is 16.5. The van der Waals surface area contributed by atoms with Crippen molar-refractivity contribution in [3.05, 3.63) is 71.7 Å². The van der Waals surface area contributed by atoms with Crippen LogP contribution in [-0.4, -0.2) is 153 Å². The Labute approximate surface area is 425 Å². The first-order valence-electron chi connectivity index (χ1n) is 26.6. The van der Waals surface area contributed by atoms with E-state index in [-0.39, 0.29) is 18.7 Å². The van der Waals surface area contributed by atoms with E-state index in [0.29, 0.717) is 52.4 Å². The molecule has 17 nitrogen and oxygen atoms in total. The zero-order valence-corrected chi connectivity index (χ0v) is 42.9. The number of likely N-dealkylation sites (N-methyl/N-ethyl adjacent to an activating group) is 1. The quantitative estimate of drug-likeness (QED) is 0.0452. The smallest absolute Gasteiger partial charge is 0.341 e. The molecule has 1 saturated carbocycles. The monoisotopic (exact) mass is 992 g/mol. The number of imide groups is 1. The number of amides is 4. The minimum absolute atomic E-state index is 0.0852. The van der Waals surface area contributed by atoms with Gasteiger partial charge in [0.25, 0.3) is 11.8 Å². The van der Waals surface area contributed by atoms with Gasteiger partial charge in [-0.2, -0.15) is 0 Å². The van der Waals surface area contributed by atoms with Crippen LogP contribution in [0.3, 0.4) is 0 Å². The highest BCUT2D eigenvalue weighted by Gasteiger charge is 2.46. The van der Waals surface area contributed by atoms with Crippen molar-refractivity contribution in [1.82, 2.24) is 35.3 Å². The molecule has 2 N–H and O–H groups in total. The van der Waals surface area contributed by atoms with Crippen molar-refractivity contribution in [3.8, 4) is 11.5 Å². The van der Waals surface area contributed by atoms with Crippen molar-refractivity contribution in [3.63, 3.8) is 0 Å². The second kappa shape index (κ2) is 26.7. The molecule has 17 heteroatoms. The molecule has 2 aromatic carbocycles. The number of carbonyl (C=O) groups excluding carboxylic acids is 6. The number of piperidine rings is 1. The maximum absolute atomic E-state index is 13.5. The first kappa shape index (κ1) is 53.8. The summed E-state index contributed by atoms with van der Waals surface area (Å²) in [6.07, 6.45) is 22.7. The average molecular weight is 992 g/mol. The van der Waals surface area contributed by atoms with Crippen LogP contribution in [0.4, 0.5) is 11.5 Å². The number of fused-ring (bicyclic) bond motifs is 1. The number of nitrogens with one attached hydrogen (secondary N) is 2. The Balaban J connectivity index is 0.000000238. The van der Waals surface area contributed by atoms with Crippen LogP contribution in [0.1, 0.15) is 147 Å². The zero-order valence-electron chi connectivity index (χ0n) is 42.9. The van der Waals surface area contributed by atoms with Gasteiger partial charge in [-0.3, -0.25) is 29.0 Å². The highest BCUT2D eigenvalue weighted by molar-refractivity contribution is 6.25. The Bertz CT molecular complexity index is 2300. The number of benzene rings is 2. The molecule has 4 amide bonds. The molecule has 3 saturated heterocycles. The molecule has 0 bridgehead atoms. The molecule has 3 aromatic rings. The van der Waals surface area contributed by atoms with Crippen LogP contribution in [0.5, 0.6) is 11.5 Å². The molecule has 8 rings (SSSR count). The molecule has 1 atom stereocenters. The lowest BCUT2D eigenvalue weighted by molar-refractivity contribution is -0.125. The topological polar surface area (TPSA) is 187 Å². The molecule has 4 aliphatic heterocycles. The van der Waals surface area contributed by atoms with Crippen LogP contribution in [0, 0.1) is 5.41 Å². The molecule has 1 aliphatic carbocycles. The van der Waals surface area contributed by atoms with E-state index in [4.69, 9.17) is 9.47 Å². The number of hydrogen-bond acceptors (Lipinski definition) is 14. The Morgan fingerprint density at radius 1 is 0.819 bits per heavy atom. The van der Waals surface area contributed by atoms with Gasteiger partial charge in [-0.25, -0.2) is 14.8 Å². The number of para-hydroxylation sites is 1. The van der Waals surface area contributed by atoms with Crippen LogP contribution in [-0.2, 0) is 19.1 Å². The third kappa shape index (κ3) is 14.0. The van der Waals surface area contributed by atoms with Crippen molar-refractivity contribution in [2.45, 2.75) is 128 Å². The van der Waals surface area contributed by atoms with Gasteiger partial charge in [-0.15, -0.1) is 0 Å². The van der Waals surface area contributed by atoms with E-state index in [9.17, 15) is 28.8 Å². The minimum Gasteiger partial charge on any atom is -0.465 e. The van der Waals surface area contributed by atoms with E-state index in [0.717, 1.165) is 101 Å². The maximum atomic E-state index is 13.5. The molecule has 5 aliphatic rings. The number of ether oxygens (including phenoxy) is 2. The number of anilines is 2. The number of unbranched alkanes of at least 4 members (excludes halogenated alkanes) is 7. The lowest BCUT2D eigenvalue weighted by Gasteiger charge is -2.54. The first-order valence-corrected chi connectivity index (χ1v) is 26.6. The van der Waals surface area contributed by atoms with Gasteiger partial charge in [0.2, 0.25) is 11.8 Å². The molecule has 1 spiro atoms. The van der Waals surface area contributed by atoms with Crippen molar-refractivity contribution in [2.75, 3.05) is 89.9 Å². The summed E-state index contributed by atoms with van der Waals surface area (Å²) in [6.45, 7) is 8.63. The molecule has 1 unspecified atom stereocenters. The summed E-state index contributed by atoms with van der Waals surface area (Å²) in [5.74, 6) is 0.176. The van der Waals surface area contributed by atoms with Crippen LogP contribution < -0.4 is 25.2 Å². The number of nitrogens with zero attached hydrogens (tertiary/aromatic N) is 7. The van der Waals surface area contributed by atoms with Crippen LogP contribution >= 0.6 is 0 Å². The first-order chi connectivity index (χ1) is 35.0. The lowest BCUT2D eigenvalue weighted by atomic mass is 9.72. The fourth-order valence-corrected chi connectivity index (χ4v) is 10.9. The summed E-state index contributed by atoms with van der Waals surface area (Å²) in [5.41, 5.74) is 2.19. The molecule has 390 valence electrons. The van der Waals surface area contributed by atoms with Crippen LogP contribution in [0.15, 0.2) is 55.0 Å². The average Bonchev–Trinajstić information content (AvgIpc) is 3.65. The van der Waals surface area contributed by atoms with Crippen molar-refractivity contribution in [2.24, 2.45) is 5.41 Å². The van der Waals surface area contributed by atoms with E-state index in [1.165, 1.54) is 91.1 Å². The molecule has 5 heterocycles. The van der Waals surface area contributed by atoms with Gasteiger partial charge >= 0.3 is 5.97 Å². The van der Waals surface area contributed by atoms with E-state index in [1.807, 2.05) is 12.1 Å². The fraction of sp³-hybridized carbons (Fsp3) is 0.600. The van der Waals surface area contributed by atoms with Gasteiger partial charge in [-0.05, 0) is 95.9 Å². The van der Waals surface area contributed by atoms with E-state index in [2.05, 4.69) is 47.2 Å². The Morgan fingerprint density at radius 2 is 1.51 bits per heavy atom. The Morgan fingerprint density at radius 3 is 2.21 bits per heavy atom. The van der Waals surface area contributed by atoms with Gasteiger partial charge in [-0.1, -0.05) is 76.0 Å². The standard InChI is InChI=1S/C35H53N5O5.C20H24N4O3/c1-36-33(43)30(19-14-26-41)40-34(44)28-17-13-18-29(32(28)35(40)45)39-24-22-38(23-25-39)21-12-7-5-3-2-4-6-11-20-31(42)37-27-15-9-8-10-16-27;1-23-9-7-20(8-10-23)12-24(13-20)18-17(11-21-14-22-18)27-16-6-4-3-5-15(16)19(25)26-2/h13,17-18,26-27,30H,2-12,14-16,19-25H2,1H3,(H,36,43)(H,37,42);3-6,11,14H,7-10,12-13H2,1-2H3. The molecule has 1 aromatic heterocycles. The molecule has 0 radical (unpaired) electrons. The summed E-state index contributed by atoms with van der Waals surface area (Å²) in [5, 5.41) is 5.74. The van der Waals surface area contributed by atoms with E-state index in [1.54, 1.807) is 36.5 Å². The summed E-state index contributed by atoms with van der Waals surface area (Å²) < 4.78 is 10.9. The number of esters is 1. The third-order valence-corrected chi connectivity index (χ3v) is 15.2. The number of piperazine rings is 1. The van der Waals surface area contributed by atoms with E-state index >= 15 is 0 Å². The molecular weight excluding hydrogens is 915 g/mol. The summed E-state index contributed by atoms with van der Waals surface area (Å²) >= 11 is 0. The van der Waals surface area contributed by atoms with Crippen LogP contribution in [0.25, 0.3) is 0 Å². The SMILES string of the molecule is CNC(=O)C(CCC=O)N1C(=O)c2cccc(N3CCN(CCCCCCCCCCC(=O)NC4CCCCC4)CC3)c2C1=O.COC(=O)c1ccccc1Oc1cncnc1N1CC2(CCN(C)CC2)C1. The summed E-state index contributed by atoms with van der Waals surface area (Å²) in [6, 6.07) is 11.8. The summed E-state index contributed by atoms with van der Waals surface area (Å²) in [7, 11) is 5.00. The summed E-state index contributed by atoms with van der Waals surface area (Å²) in [4.78, 5) is 93.3. The second-order valence-corrected chi connectivity index (χ2v) is 20.3. The van der Waals surface area contributed by atoms with Gasteiger partial charge in [0, 0.05) is 70.6 Å². The number of hydrogen-bond donors (Lipinski definition) is 2. The second-order valence-electron chi connectivity index (χ2n) is 20.3. The zero-order chi connectivity index (χ0) is 50.9. The number of rotatable bonds is 22. The number of methoxy groups -OCH3 is 1. The predicted octanol–water partition coefficient (Wildman–Crippen LogP) is 7.05. The number of likely N-dealkylation sites (tertiary alicyclic amines) is 1. The highest BCUT2D eigenvalue weighted by Crippen LogP contribution is 2.45. The molecule has 72 heavy (non-hydrogen) atoms. The van der Waals surface area contributed by atoms with Crippen molar-refractivity contribution >= 4 is 47.4 Å². The minimum atomic E-state index is -1.01. The maximum Gasteiger partial charge on any atom is 0.341 e. The van der Waals surface area contributed by atoms with Crippen LogP contribution in [0.2, 0.25) is 0 Å². The predicted molar refractivity (Wildman–Crippen MR) is 277 cm³/mol. The van der Waals surface area contributed by atoms with E-state index < -0.39 is 29.7 Å². The molecular formula is C55H77N9O8. The van der Waals surface area contributed by atoms with Gasteiger partial charge < -0.3 is 39.6 Å².